The number of fused-ring (bicyclic) bond motifs is 8. The molecular weight excluding hydrogens is 416 g/mol. The summed E-state index contributed by atoms with van der Waals surface area (Å²) in [6.07, 6.45) is 0. The minimum atomic E-state index is -0.431. The molecule has 0 aliphatic heterocycles. The molecule has 7 aromatic rings. The van der Waals surface area contributed by atoms with Crippen LogP contribution in [0.2, 0.25) is 0 Å². The molecule has 1 aromatic heterocycles. The SMILES string of the molecule is [2H]c1c([2H])c([2H])c(-c2ccc3c(c2)sc2c4ccc(-c5c([2H])c([2H])c([2H])c([2H])c5[2H])cc4c4ccccc4c32)c([2H])c1[2H]. The van der Waals surface area contributed by atoms with E-state index in [1.54, 1.807) is 23.5 Å². The molecule has 0 aliphatic rings. The zero-order chi connectivity index (χ0) is 30.5. The van der Waals surface area contributed by atoms with Gasteiger partial charge >= 0.3 is 0 Å². The van der Waals surface area contributed by atoms with Gasteiger partial charge in [-0.25, -0.2) is 0 Å². The smallest absolute Gasteiger partial charge is 0.0629 e. The van der Waals surface area contributed by atoms with E-state index >= 15 is 0 Å². The molecule has 1 heterocycles. The van der Waals surface area contributed by atoms with E-state index in [4.69, 9.17) is 13.7 Å². The van der Waals surface area contributed by atoms with Gasteiger partial charge in [-0.1, -0.05) is 109 Å². The fourth-order valence-corrected chi connectivity index (χ4v) is 5.85. The Balaban J connectivity index is 1.54. The molecule has 6 aromatic carbocycles. The van der Waals surface area contributed by atoms with Crippen LogP contribution in [0.15, 0.2) is 121 Å². The second-order valence-electron chi connectivity index (χ2n) is 7.82. The molecule has 0 aliphatic carbocycles. The average Bonchev–Trinajstić information content (AvgIpc) is 3.40. The van der Waals surface area contributed by atoms with Gasteiger partial charge < -0.3 is 0 Å². The molecule has 0 saturated heterocycles. The van der Waals surface area contributed by atoms with Crippen LogP contribution in [0.25, 0.3) is 64.0 Å². The predicted molar refractivity (Wildman–Crippen MR) is 145 cm³/mol. The predicted octanol–water partition coefficient (Wildman–Crippen LogP) is 9.69. The Hall–Kier alpha value is -3.94. The number of rotatable bonds is 2. The van der Waals surface area contributed by atoms with E-state index in [-0.39, 0.29) is 59.5 Å². The summed E-state index contributed by atoms with van der Waals surface area (Å²) in [5.41, 5.74) is 1.37. The lowest BCUT2D eigenvalue weighted by molar-refractivity contribution is 1.65. The highest BCUT2D eigenvalue weighted by molar-refractivity contribution is 7.27. The molecule has 7 rings (SSSR count). The maximum absolute atomic E-state index is 8.48. The van der Waals surface area contributed by atoms with Crippen LogP contribution in [0, 0.1) is 0 Å². The van der Waals surface area contributed by atoms with Crippen molar-refractivity contribution in [2.75, 3.05) is 0 Å². The Kier molecular flexibility index (Phi) is 2.49. The van der Waals surface area contributed by atoms with Crippen molar-refractivity contribution in [1.82, 2.24) is 0 Å². The maximum atomic E-state index is 8.48. The molecule has 1 heteroatoms. The third-order valence-corrected chi connectivity index (χ3v) is 7.20. The van der Waals surface area contributed by atoms with Gasteiger partial charge in [-0.2, -0.15) is 0 Å². The van der Waals surface area contributed by atoms with Crippen LogP contribution in [0.5, 0.6) is 0 Å². The molecule has 0 radical (unpaired) electrons. The van der Waals surface area contributed by atoms with E-state index in [1.807, 2.05) is 48.5 Å². The Labute approximate surface area is 210 Å². The van der Waals surface area contributed by atoms with Crippen molar-refractivity contribution < 1.29 is 13.7 Å². The van der Waals surface area contributed by atoms with Crippen molar-refractivity contribution in [2.24, 2.45) is 0 Å². The van der Waals surface area contributed by atoms with Crippen LogP contribution in [-0.4, -0.2) is 0 Å². The largest absolute Gasteiger partial charge is 0.134 e. The highest BCUT2D eigenvalue weighted by Crippen LogP contribution is 2.45. The lowest BCUT2D eigenvalue weighted by Crippen LogP contribution is -1.83. The van der Waals surface area contributed by atoms with Crippen LogP contribution in [0.3, 0.4) is 0 Å². The Morgan fingerprint density at radius 2 is 1.09 bits per heavy atom. The molecule has 0 amide bonds. The first-order valence-corrected chi connectivity index (χ1v) is 11.3. The summed E-state index contributed by atoms with van der Waals surface area (Å²) in [4.78, 5) is 0. The van der Waals surface area contributed by atoms with E-state index < -0.39 is 12.1 Å². The molecule has 0 saturated carbocycles. The standard InChI is InChI=1S/C32H20S/c1-3-9-21(10-4-1)23-15-17-27-29(19-23)25-13-7-8-14-26(25)31-28-18-16-24(20-30(28)33-32(27)31)22-11-5-2-6-12-22/h1-20H/i1D,2D,3D,4D,5D,6D,9D,10D,11D,12D. The molecule has 0 fully saturated rings. The van der Waals surface area contributed by atoms with Gasteiger partial charge in [-0.05, 0) is 50.5 Å². The number of hydrogen-bond donors (Lipinski definition) is 0. The van der Waals surface area contributed by atoms with Crippen molar-refractivity contribution in [3.05, 3.63) is 121 Å². The molecule has 154 valence electrons. The first-order chi connectivity index (χ1) is 20.5. The van der Waals surface area contributed by atoms with E-state index in [0.717, 1.165) is 41.7 Å². The normalized spacial score (nSPS) is 15.9. The second-order valence-corrected chi connectivity index (χ2v) is 8.88. The van der Waals surface area contributed by atoms with Gasteiger partial charge in [0.15, 0.2) is 0 Å². The number of hydrogen-bond acceptors (Lipinski definition) is 1. The highest BCUT2D eigenvalue weighted by Gasteiger charge is 2.15. The first-order valence-electron chi connectivity index (χ1n) is 15.5. The van der Waals surface area contributed by atoms with E-state index in [0.29, 0.717) is 11.1 Å². The Morgan fingerprint density at radius 3 is 1.79 bits per heavy atom. The van der Waals surface area contributed by atoms with Gasteiger partial charge in [0, 0.05) is 25.6 Å². The molecule has 0 unspecified atom stereocenters. The summed E-state index contributed by atoms with van der Waals surface area (Å²) >= 11 is 1.54. The van der Waals surface area contributed by atoms with Crippen LogP contribution in [-0.2, 0) is 0 Å². The van der Waals surface area contributed by atoms with Crippen molar-refractivity contribution in [3.63, 3.8) is 0 Å². The Bertz CT molecular complexity index is 2300. The summed E-state index contributed by atoms with van der Waals surface area (Å²) in [6.45, 7) is 0. The summed E-state index contributed by atoms with van der Waals surface area (Å²) < 4.78 is 84.1. The summed E-state index contributed by atoms with van der Waals surface area (Å²) in [5, 5.41) is 5.77. The van der Waals surface area contributed by atoms with Crippen molar-refractivity contribution in [2.45, 2.75) is 0 Å². The third kappa shape index (κ3) is 2.90. The van der Waals surface area contributed by atoms with E-state index in [2.05, 4.69) is 0 Å². The van der Waals surface area contributed by atoms with Crippen molar-refractivity contribution in [3.8, 4) is 22.3 Å². The van der Waals surface area contributed by atoms with Crippen molar-refractivity contribution in [1.29, 1.82) is 0 Å². The zero-order valence-electron chi connectivity index (χ0n) is 27.2. The van der Waals surface area contributed by atoms with Gasteiger partial charge in [0.2, 0.25) is 0 Å². The van der Waals surface area contributed by atoms with Gasteiger partial charge in [-0.3, -0.25) is 0 Å². The second kappa shape index (κ2) is 7.30. The lowest BCUT2D eigenvalue weighted by atomic mass is 9.94. The fourth-order valence-electron chi connectivity index (χ4n) is 4.55. The van der Waals surface area contributed by atoms with Crippen LogP contribution < -0.4 is 0 Å². The van der Waals surface area contributed by atoms with Crippen LogP contribution in [0.1, 0.15) is 13.7 Å². The minimum Gasteiger partial charge on any atom is -0.134 e. The quantitative estimate of drug-likeness (QED) is 0.232. The van der Waals surface area contributed by atoms with Gasteiger partial charge in [0.25, 0.3) is 0 Å². The number of thiophene rings is 1. The minimum absolute atomic E-state index is 0.150. The van der Waals surface area contributed by atoms with E-state index in [1.165, 1.54) is 0 Å². The molecular formula is C32H20S. The highest BCUT2D eigenvalue weighted by atomic mass is 32.1. The first kappa shape index (κ1) is 11.3. The maximum Gasteiger partial charge on any atom is 0.0629 e. The Morgan fingerprint density at radius 1 is 0.485 bits per heavy atom. The average molecular weight is 447 g/mol. The lowest BCUT2D eigenvalue weighted by Gasteiger charge is -2.10. The van der Waals surface area contributed by atoms with E-state index in [9.17, 15) is 0 Å². The molecule has 33 heavy (non-hydrogen) atoms. The summed E-state index contributed by atoms with van der Waals surface area (Å²) in [7, 11) is 0. The van der Waals surface area contributed by atoms with Crippen LogP contribution in [0.4, 0.5) is 0 Å². The summed E-state index contributed by atoms with van der Waals surface area (Å²) in [6, 6.07) is 15.8. The van der Waals surface area contributed by atoms with Crippen LogP contribution >= 0.6 is 11.3 Å². The molecule has 0 bridgehead atoms. The van der Waals surface area contributed by atoms with Gasteiger partial charge in [0.1, 0.15) is 0 Å². The number of benzene rings is 6. The topological polar surface area (TPSA) is 0 Å². The van der Waals surface area contributed by atoms with Crippen molar-refractivity contribution >= 4 is 53.1 Å². The molecule has 0 N–H and O–H groups in total. The van der Waals surface area contributed by atoms with Gasteiger partial charge in [-0.15, -0.1) is 11.3 Å². The summed E-state index contributed by atoms with van der Waals surface area (Å²) in [5.74, 6) is 0. The zero-order valence-corrected chi connectivity index (χ0v) is 18.0. The molecule has 0 nitrogen and oxygen atoms in total. The molecule has 0 atom stereocenters. The van der Waals surface area contributed by atoms with Gasteiger partial charge in [0.05, 0.1) is 13.7 Å². The fraction of sp³-hybridized carbons (Fsp3) is 0. The third-order valence-electron chi connectivity index (χ3n) is 6.02. The molecule has 0 spiro atoms. The monoisotopic (exact) mass is 446 g/mol.